The summed E-state index contributed by atoms with van der Waals surface area (Å²) in [6, 6.07) is 33.6. The van der Waals surface area contributed by atoms with Crippen molar-refractivity contribution in [3.8, 4) is 11.3 Å². The van der Waals surface area contributed by atoms with Crippen LogP contribution in [-0.4, -0.2) is 0 Å². The minimum absolute atomic E-state index is 1.28. The Morgan fingerprint density at radius 3 is 2.09 bits per heavy atom. The molecule has 0 fully saturated rings. The van der Waals surface area contributed by atoms with E-state index in [1.807, 2.05) is 0 Å². The molecule has 0 unspecified atom stereocenters. The molecule has 0 spiro atoms. The van der Waals surface area contributed by atoms with Gasteiger partial charge in [0, 0.05) is 11.5 Å². The van der Waals surface area contributed by atoms with Crippen LogP contribution in [0.25, 0.3) is 65.1 Å². The van der Waals surface area contributed by atoms with Gasteiger partial charge in [-0.25, -0.2) is 4.57 Å². The number of pyridine rings is 1. The van der Waals surface area contributed by atoms with Crippen LogP contribution >= 0.6 is 0 Å². The molecule has 0 radical (unpaired) electrons. The van der Waals surface area contributed by atoms with Crippen molar-refractivity contribution >= 4 is 53.9 Å². The zero-order chi connectivity index (χ0) is 21.4. The molecule has 0 aliphatic heterocycles. The molecule has 1 nitrogen and oxygen atoms in total. The van der Waals surface area contributed by atoms with E-state index in [1.165, 1.54) is 70.7 Å². The molecule has 1 heterocycles. The van der Waals surface area contributed by atoms with Crippen LogP contribution < -0.4 is 4.57 Å². The van der Waals surface area contributed by atoms with Gasteiger partial charge in [0.25, 0.3) is 0 Å². The predicted molar refractivity (Wildman–Crippen MR) is 137 cm³/mol. The molecule has 0 aliphatic rings. The zero-order valence-electron chi connectivity index (χ0n) is 18.2. The van der Waals surface area contributed by atoms with Crippen LogP contribution in [0.4, 0.5) is 0 Å². The van der Waals surface area contributed by atoms with E-state index in [0.29, 0.717) is 0 Å². The number of benzene rings is 6. The molecule has 32 heavy (non-hydrogen) atoms. The molecule has 0 atom stereocenters. The first-order valence-corrected chi connectivity index (χ1v) is 11.2. The summed E-state index contributed by atoms with van der Waals surface area (Å²) >= 11 is 0. The second-order valence-corrected chi connectivity index (χ2v) is 8.95. The third kappa shape index (κ3) is 2.26. The molecule has 0 saturated carbocycles. The minimum Gasteiger partial charge on any atom is -0.200 e. The summed E-state index contributed by atoms with van der Waals surface area (Å²) in [5.41, 5.74) is 3.93. The summed E-state index contributed by atoms with van der Waals surface area (Å²) in [6.07, 6.45) is 2.21. The Balaban J connectivity index is 1.70. The molecule has 0 bridgehead atoms. The van der Waals surface area contributed by atoms with Gasteiger partial charge in [0.1, 0.15) is 7.05 Å². The Bertz CT molecular complexity index is 1830. The van der Waals surface area contributed by atoms with Crippen LogP contribution in [0.15, 0.2) is 97.2 Å². The number of hydrogen-bond acceptors (Lipinski definition) is 0. The molecule has 1 heteroatoms. The van der Waals surface area contributed by atoms with Crippen molar-refractivity contribution in [1.29, 1.82) is 0 Å². The summed E-state index contributed by atoms with van der Waals surface area (Å²) in [6.45, 7) is 2.25. The molecule has 6 aromatic carbocycles. The van der Waals surface area contributed by atoms with Gasteiger partial charge in [-0.05, 0) is 61.6 Å². The number of nitrogens with zero attached hydrogens (tertiary/aromatic N) is 1. The van der Waals surface area contributed by atoms with Gasteiger partial charge in [0.2, 0.25) is 5.69 Å². The smallest absolute Gasteiger partial charge is 0.200 e. The van der Waals surface area contributed by atoms with E-state index in [-0.39, 0.29) is 0 Å². The molecule has 7 aromatic rings. The fourth-order valence-corrected chi connectivity index (χ4v) is 5.71. The summed E-state index contributed by atoms with van der Waals surface area (Å²) in [7, 11) is 2.17. The maximum Gasteiger partial charge on any atom is 0.221 e. The molecule has 0 aliphatic carbocycles. The molecule has 150 valence electrons. The highest BCUT2D eigenvalue weighted by Crippen LogP contribution is 2.42. The first kappa shape index (κ1) is 17.7. The maximum atomic E-state index is 2.36. The van der Waals surface area contributed by atoms with Gasteiger partial charge < -0.3 is 0 Å². The van der Waals surface area contributed by atoms with Gasteiger partial charge in [0.15, 0.2) is 6.20 Å². The van der Waals surface area contributed by atoms with E-state index < -0.39 is 0 Å². The van der Waals surface area contributed by atoms with E-state index in [9.17, 15) is 0 Å². The van der Waals surface area contributed by atoms with Crippen LogP contribution in [0.2, 0.25) is 0 Å². The quantitative estimate of drug-likeness (QED) is 0.194. The van der Waals surface area contributed by atoms with Crippen molar-refractivity contribution in [2.75, 3.05) is 0 Å². The first-order chi connectivity index (χ1) is 15.7. The van der Waals surface area contributed by atoms with Crippen LogP contribution in [0.3, 0.4) is 0 Å². The first-order valence-electron chi connectivity index (χ1n) is 11.2. The summed E-state index contributed by atoms with van der Waals surface area (Å²) in [5, 5.41) is 13.2. The monoisotopic (exact) mass is 408 g/mol. The second-order valence-electron chi connectivity index (χ2n) is 8.95. The van der Waals surface area contributed by atoms with Gasteiger partial charge >= 0.3 is 0 Å². The van der Waals surface area contributed by atoms with Crippen molar-refractivity contribution < 1.29 is 4.57 Å². The molecule has 7 rings (SSSR count). The lowest BCUT2D eigenvalue weighted by Crippen LogP contribution is -2.30. The van der Waals surface area contributed by atoms with Crippen molar-refractivity contribution in [3.05, 3.63) is 103 Å². The van der Waals surface area contributed by atoms with E-state index in [2.05, 4.69) is 116 Å². The fraction of sp³-hybridized carbons (Fsp3) is 0.0645. The highest BCUT2D eigenvalue weighted by Gasteiger charge is 2.22. The average Bonchev–Trinajstić information content (AvgIpc) is 2.82. The Morgan fingerprint density at radius 2 is 1.22 bits per heavy atom. The van der Waals surface area contributed by atoms with Gasteiger partial charge in [-0.1, -0.05) is 78.9 Å². The van der Waals surface area contributed by atoms with Crippen molar-refractivity contribution in [2.24, 2.45) is 7.05 Å². The van der Waals surface area contributed by atoms with Crippen LogP contribution in [0.5, 0.6) is 0 Å². The lowest BCUT2D eigenvalue weighted by molar-refractivity contribution is -0.659. The summed E-state index contributed by atoms with van der Waals surface area (Å²) in [5.74, 6) is 0. The standard InChI is InChI=1S/C31H22N/c1-19-18-23-11-10-21-7-5-8-22-13-15-27(30(23)29(21)22)28(19)31-26-14-12-20-6-3-4-9-24(20)25(26)16-17-32(31)2/h3-18H,1-2H3/q+1. The predicted octanol–water partition coefficient (Wildman–Crippen LogP) is 7.69. The molecule has 1 aromatic heterocycles. The van der Waals surface area contributed by atoms with E-state index in [4.69, 9.17) is 0 Å². The number of aromatic nitrogens is 1. The third-order valence-corrected chi connectivity index (χ3v) is 7.12. The zero-order valence-corrected chi connectivity index (χ0v) is 18.2. The van der Waals surface area contributed by atoms with Gasteiger partial charge in [-0.15, -0.1) is 0 Å². The molecular formula is C31H22N+. The highest BCUT2D eigenvalue weighted by atomic mass is 14.9. The van der Waals surface area contributed by atoms with Gasteiger partial charge in [-0.3, -0.25) is 0 Å². The van der Waals surface area contributed by atoms with Gasteiger partial charge in [-0.2, -0.15) is 0 Å². The largest absolute Gasteiger partial charge is 0.221 e. The Morgan fingerprint density at radius 1 is 0.531 bits per heavy atom. The van der Waals surface area contributed by atoms with Crippen molar-refractivity contribution in [3.63, 3.8) is 0 Å². The molecule has 0 amide bonds. The lowest BCUT2D eigenvalue weighted by atomic mass is 9.87. The van der Waals surface area contributed by atoms with E-state index in [0.717, 1.165) is 0 Å². The molecular weight excluding hydrogens is 386 g/mol. The number of aryl methyl sites for hydroxylation is 2. The SMILES string of the molecule is Cc1cc2ccc3cccc4ccc(c1-c1c5ccc6ccccc6c5cc[n+]1C)c2c34. The minimum atomic E-state index is 1.28. The topological polar surface area (TPSA) is 3.88 Å². The molecule has 0 saturated heterocycles. The fourth-order valence-electron chi connectivity index (χ4n) is 5.71. The lowest BCUT2D eigenvalue weighted by Gasteiger charge is -2.16. The van der Waals surface area contributed by atoms with E-state index >= 15 is 0 Å². The van der Waals surface area contributed by atoms with Crippen molar-refractivity contribution in [2.45, 2.75) is 6.92 Å². The average molecular weight is 409 g/mol. The maximum absolute atomic E-state index is 2.36. The Labute approximate surface area is 186 Å². The Kier molecular flexibility index (Phi) is 3.47. The van der Waals surface area contributed by atoms with Gasteiger partial charge in [0.05, 0.1) is 10.9 Å². The summed E-state index contributed by atoms with van der Waals surface area (Å²) in [4.78, 5) is 0. The number of hydrogen-bond donors (Lipinski definition) is 0. The third-order valence-electron chi connectivity index (χ3n) is 7.12. The second kappa shape index (κ2) is 6.27. The van der Waals surface area contributed by atoms with Crippen LogP contribution in [-0.2, 0) is 7.05 Å². The van der Waals surface area contributed by atoms with Crippen LogP contribution in [0, 0.1) is 6.92 Å². The Hall–Kier alpha value is -3.97. The normalized spacial score (nSPS) is 12.1. The van der Waals surface area contributed by atoms with E-state index in [1.54, 1.807) is 0 Å². The van der Waals surface area contributed by atoms with Crippen molar-refractivity contribution in [1.82, 2.24) is 0 Å². The number of rotatable bonds is 1. The highest BCUT2D eigenvalue weighted by molar-refractivity contribution is 6.26. The van der Waals surface area contributed by atoms with Crippen LogP contribution in [0.1, 0.15) is 5.56 Å². The molecule has 0 N–H and O–H groups in total. The summed E-state index contributed by atoms with van der Waals surface area (Å²) < 4.78 is 2.29. The number of fused-ring (bicyclic) bond motifs is 3.